The molecule has 19 heavy (non-hydrogen) atoms. The van der Waals surface area contributed by atoms with Crippen molar-refractivity contribution in [3.63, 3.8) is 0 Å². The van der Waals surface area contributed by atoms with Gasteiger partial charge in [0.1, 0.15) is 0 Å². The second-order valence-corrected chi connectivity index (χ2v) is 5.79. The van der Waals surface area contributed by atoms with Gasteiger partial charge in [-0.1, -0.05) is 51.1 Å². The molecule has 1 rings (SSSR count). The number of likely N-dealkylation sites (N-methyl/N-ethyl adjacent to an activating group) is 1. The number of hydrogen-bond donors (Lipinski definition) is 1. The Kier molecular flexibility index (Phi) is 6.01. The number of nitrogens with zero attached hydrogens (tertiary/aromatic N) is 2. The molecule has 3 nitrogen and oxygen atoms in total. The third-order valence-corrected chi connectivity index (χ3v) is 3.45. The average molecular weight is 259 g/mol. The number of benzene rings is 1. The van der Waals surface area contributed by atoms with Crippen LogP contribution in [0.2, 0.25) is 0 Å². The van der Waals surface area contributed by atoms with Crippen LogP contribution in [0.4, 0.5) is 0 Å². The van der Waals surface area contributed by atoms with Crippen molar-refractivity contribution < 1.29 is 0 Å². The summed E-state index contributed by atoms with van der Waals surface area (Å²) in [7, 11) is 0. The van der Waals surface area contributed by atoms with Gasteiger partial charge in [-0.2, -0.15) is 5.26 Å². The number of hydrogen-bond acceptors (Lipinski definition) is 3. The van der Waals surface area contributed by atoms with Gasteiger partial charge in [0.25, 0.3) is 0 Å². The summed E-state index contributed by atoms with van der Waals surface area (Å²) in [4.78, 5) is 2.31. The maximum atomic E-state index is 9.38. The quantitative estimate of drug-likeness (QED) is 0.819. The third-order valence-electron chi connectivity index (χ3n) is 3.45. The van der Waals surface area contributed by atoms with Gasteiger partial charge in [0, 0.05) is 13.1 Å². The minimum absolute atomic E-state index is 0.0743. The Morgan fingerprint density at radius 1 is 1.32 bits per heavy atom. The van der Waals surface area contributed by atoms with Crippen LogP contribution in [0.1, 0.15) is 32.3 Å². The summed E-state index contributed by atoms with van der Waals surface area (Å²) in [6, 6.07) is 12.4. The highest BCUT2D eigenvalue weighted by Crippen LogP contribution is 2.20. The smallest absolute Gasteiger partial charge is 0.0839 e. The summed E-state index contributed by atoms with van der Waals surface area (Å²) in [6.07, 6.45) is 0. The summed E-state index contributed by atoms with van der Waals surface area (Å²) in [5, 5.41) is 9.38. The lowest BCUT2D eigenvalue weighted by molar-refractivity contribution is 0.187. The van der Waals surface area contributed by atoms with E-state index in [9.17, 15) is 5.26 Å². The van der Waals surface area contributed by atoms with Gasteiger partial charge in [-0.25, -0.2) is 0 Å². The van der Waals surface area contributed by atoms with E-state index >= 15 is 0 Å². The maximum Gasteiger partial charge on any atom is 0.0839 e. The van der Waals surface area contributed by atoms with E-state index in [0.29, 0.717) is 6.54 Å². The summed E-state index contributed by atoms with van der Waals surface area (Å²) < 4.78 is 0. The van der Waals surface area contributed by atoms with Crippen LogP contribution in [0.5, 0.6) is 0 Å². The Morgan fingerprint density at radius 3 is 2.42 bits per heavy atom. The highest BCUT2D eigenvalue weighted by Gasteiger charge is 2.22. The first-order valence-corrected chi connectivity index (χ1v) is 6.89. The molecule has 0 heterocycles. The molecule has 104 valence electrons. The Bertz CT molecular complexity index is 406. The topological polar surface area (TPSA) is 53.0 Å². The van der Waals surface area contributed by atoms with Crippen molar-refractivity contribution in [2.75, 3.05) is 26.2 Å². The first-order valence-electron chi connectivity index (χ1n) is 6.89. The molecule has 0 radical (unpaired) electrons. The molecule has 0 aliphatic heterocycles. The first-order chi connectivity index (χ1) is 9.02. The molecule has 1 unspecified atom stereocenters. The second-order valence-electron chi connectivity index (χ2n) is 5.79. The van der Waals surface area contributed by atoms with Gasteiger partial charge in [0.15, 0.2) is 0 Å². The molecule has 0 spiro atoms. The Labute approximate surface area is 117 Å². The number of nitriles is 1. The summed E-state index contributed by atoms with van der Waals surface area (Å²) in [5.41, 5.74) is 6.97. The summed E-state index contributed by atoms with van der Waals surface area (Å²) in [6.45, 7) is 9.75. The van der Waals surface area contributed by atoms with E-state index in [2.05, 4.69) is 31.7 Å². The van der Waals surface area contributed by atoms with Crippen LogP contribution in [0.15, 0.2) is 30.3 Å². The van der Waals surface area contributed by atoms with Gasteiger partial charge in [0.05, 0.1) is 12.0 Å². The van der Waals surface area contributed by atoms with Crippen LogP contribution in [-0.2, 0) is 0 Å². The van der Waals surface area contributed by atoms with Crippen LogP contribution in [0, 0.1) is 16.7 Å². The van der Waals surface area contributed by atoms with Crippen LogP contribution in [-0.4, -0.2) is 31.1 Å². The lowest BCUT2D eigenvalue weighted by atomic mass is 9.92. The van der Waals surface area contributed by atoms with Gasteiger partial charge < -0.3 is 10.6 Å². The molecule has 0 aromatic heterocycles. The minimum atomic E-state index is -0.0743. The van der Waals surface area contributed by atoms with Crippen molar-refractivity contribution in [1.82, 2.24) is 4.90 Å². The molecule has 0 aliphatic rings. The monoisotopic (exact) mass is 259 g/mol. The van der Waals surface area contributed by atoms with Crippen LogP contribution in [0.3, 0.4) is 0 Å². The maximum absolute atomic E-state index is 9.38. The van der Waals surface area contributed by atoms with Crippen LogP contribution >= 0.6 is 0 Å². The van der Waals surface area contributed by atoms with Crippen molar-refractivity contribution in [3.8, 4) is 6.07 Å². The lowest BCUT2D eigenvalue weighted by Crippen LogP contribution is -2.40. The predicted molar refractivity (Wildman–Crippen MR) is 79.7 cm³/mol. The molecule has 0 aliphatic carbocycles. The minimum Gasteiger partial charge on any atom is -0.330 e. The number of rotatable bonds is 7. The van der Waals surface area contributed by atoms with Crippen molar-refractivity contribution in [2.45, 2.75) is 26.7 Å². The predicted octanol–water partition coefficient (Wildman–Crippen LogP) is 2.60. The lowest BCUT2D eigenvalue weighted by Gasteiger charge is -2.32. The zero-order chi connectivity index (χ0) is 14.3. The zero-order valence-corrected chi connectivity index (χ0v) is 12.3. The molecule has 0 saturated carbocycles. The normalized spacial score (nSPS) is 13.3. The molecule has 3 heteroatoms. The fourth-order valence-corrected chi connectivity index (χ4v) is 2.14. The van der Waals surface area contributed by atoms with Crippen molar-refractivity contribution in [2.24, 2.45) is 11.1 Å². The van der Waals surface area contributed by atoms with E-state index in [1.54, 1.807) is 0 Å². The molecule has 0 amide bonds. The Balaban J connectivity index is 2.71. The number of nitrogens with two attached hydrogens (primary N) is 1. The molecule has 0 bridgehead atoms. The SMILES string of the molecule is CCN(CC(C#N)c1ccccc1)CC(C)(C)CN. The van der Waals surface area contributed by atoms with E-state index in [4.69, 9.17) is 5.73 Å². The van der Waals surface area contributed by atoms with Gasteiger partial charge >= 0.3 is 0 Å². The third kappa shape index (κ3) is 5.02. The summed E-state index contributed by atoms with van der Waals surface area (Å²) >= 11 is 0. The first kappa shape index (κ1) is 15.7. The molecule has 2 N–H and O–H groups in total. The molecule has 1 atom stereocenters. The summed E-state index contributed by atoms with van der Waals surface area (Å²) in [5.74, 6) is -0.0743. The van der Waals surface area contributed by atoms with Crippen LogP contribution in [0.25, 0.3) is 0 Å². The van der Waals surface area contributed by atoms with Gasteiger partial charge in [-0.15, -0.1) is 0 Å². The Hall–Kier alpha value is -1.37. The van der Waals surface area contributed by atoms with E-state index in [1.165, 1.54) is 0 Å². The van der Waals surface area contributed by atoms with Crippen molar-refractivity contribution >= 4 is 0 Å². The molecule has 0 saturated heterocycles. The fourth-order valence-electron chi connectivity index (χ4n) is 2.14. The van der Waals surface area contributed by atoms with Crippen molar-refractivity contribution in [1.29, 1.82) is 5.26 Å². The highest BCUT2D eigenvalue weighted by molar-refractivity contribution is 5.25. The fraction of sp³-hybridized carbons (Fsp3) is 0.562. The van der Waals surface area contributed by atoms with E-state index < -0.39 is 0 Å². The Morgan fingerprint density at radius 2 is 1.95 bits per heavy atom. The van der Waals surface area contributed by atoms with Gasteiger partial charge in [-0.05, 0) is 24.1 Å². The van der Waals surface area contributed by atoms with E-state index in [-0.39, 0.29) is 11.3 Å². The standard InChI is InChI=1S/C16H25N3/c1-4-19(13-16(2,3)12-18)11-15(10-17)14-8-6-5-7-9-14/h5-9,15H,4,11-13,18H2,1-3H3. The highest BCUT2D eigenvalue weighted by atomic mass is 15.1. The average Bonchev–Trinajstić information content (AvgIpc) is 2.44. The molecule has 1 aromatic rings. The van der Waals surface area contributed by atoms with Crippen LogP contribution < -0.4 is 5.73 Å². The molecular weight excluding hydrogens is 234 g/mol. The van der Waals surface area contributed by atoms with E-state index in [0.717, 1.165) is 25.2 Å². The molecule has 1 aromatic carbocycles. The van der Waals surface area contributed by atoms with E-state index in [1.807, 2.05) is 30.3 Å². The molecular formula is C16H25N3. The second kappa shape index (κ2) is 7.28. The van der Waals surface area contributed by atoms with Gasteiger partial charge in [0.2, 0.25) is 0 Å². The largest absolute Gasteiger partial charge is 0.330 e. The van der Waals surface area contributed by atoms with Crippen molar-refractivity contribution in [3.05, 3.63) is 35.9 Å². The van der Waals surface area contributed by atoms with Gasteiger partial charge in [-0.3, -0.25) is 0 Å². The molecule has 0 fully saturated rings. The zero-order valence-electron chi connectivity index (χ0n) is 12.3.